The second-order valence-electron chi connectivity index (χ2n) is 4.99. The van der Waals surface area contributed by atoms with Crippen LogP contribution in [0.25, 0.3) is 0 Å². The number of rotatable bonds is 6. The van der Waals surface area contributed by atoms with Gasteiger partial charge in [-0.1, -0.05) is 29.8 Å². The third-order valence-corrected chi connectivity index (χ3v) is 4.44. The van der Waals surface area contributed by atoms with Crippen LogP contribution in [0, 0.1) is 6.92 Å². The summed E-state index contributed by atoms with van der Waals surface area (Å²) in [5.41, 5.74) is 1.66. The molecule has 0 saturated heterocycles. The normalized spacial score (nSPS) is 12.9. The van der Waals surface area contributed by atoms with E-state index >= 15 is 0 Å². The molecule has 2 rings (SSSR count). The molecule has 0 aliphatic carbocycles. The lowest BCUT2D eigenvalue weighted by Crippen LogP contribution is -2.16. The molecular formula is C16H19NO4S. The van der Waals surface area contributed by atoms with Crippen LogP contribution >= 0.6 is 0 Å². The highest BCUT2D eigenvalue weighted by molar-refractivity contribution is 7.87. The molecule has 0 heterocycles. The standard InChI is InChI=1S/C16H19NO4S/c1-12-3-9-15(10-4-12)22(19,20)21-14-7-5-13(6-8-14)16(18)11-17-2/h3-10,16-18H,11H2,1-2H3/t16-/m0/s1. The van der Waals surface area contributed by atoms with Gasteiger partial charge in [-0.2, -0.15) is 8.42 Å². The van der Waals surface area contributed by atoms with E-state index in [2.05, 4.69) is 5.32 Å². The fourth-order valence-electron chi connectivity index (χ4n) is 1.94. The maximum absolute atomic E-state index is 12.2. The summed E-state index contributed by atoms with van der Waals surface area (Å²) in [4.78, 5) is 0.109. The van der Waals surface area contributed by atoms with Gasteiger partial charge in [-0.25, -0.2) is 0 Å². The highest BCUT2D eigenvalue weighted by atomic mass is 32.2. The number of aliphatic hydroxyl groups is 1. The van der Waals surface area contributed by atoms with Crippen molar-refractivity contribution in [1.82, 2.24) is 5.32 Å². The molecule has 2 aromatic rings. The molecule has 0 fully saturated rings. The summed E-state index contributed by atoms with van der Waals surface area (Å²) in [5, 5.41) is 12.7. The summed E-state index contributed by atoms with van der Waals surface area (Å²) in [5.74, 6) is 0.209. The molecule has 22 heavy (non-hydrogen) atoms. The van der Waals surface area contributed by atoms with Crippen molar-refractivity contribution in [2.45, 2.75) is 17.9 Å². The van der Waals surface area contributed by atoms with E-state index in [1.807, 2.05) is 6.92 Å². The van der Waals surface area contributed by atoms with E-state index in [9.17, 15) is 13.5 Å². The molecule has 1 atom stereocenters. The van der Waals surface area contributed by atoms with E-state index in [1.165, 1.54) is 24.3 Å². The lowest BCUT2D eigenvalue weighted by Gasteiger charge is -2.11. The zero-order valence-corrected chi connectivity index (χ0v) is 13.3. The lowest BCUT2D eigenvalue weighted by molar-refractivity contribution is 0.178. The molecule has 2 aromatic carbocycles. The Kier molecular flexibility index (Phi) is 5.18. The van der Waals surface area contributed by atoms with E-state index in [1.54, 1.807) is 31.3 Å². The largest absolute Gasteiger partial charge is 0.387 e. The Morgan fingerprint density at radius 1 is 1.09 bits per heavy atom. The number of nitrogens with one attached hydrogen (secondary N) is 1. The van der Waals surface area contributed by atoms with Gasteiger partial charge in [0, 0.05) is 6.54 Å². The van der Waals surface area contributed by atoms with Gasteiger partial charge in [0.25, 0.3) is 0 Å². The average Bonchev–Trinajstić information content (AvgIpc) is 2.48. The average molecular weight is 321 g/mol. The monoisotopic (exact) mass is 321 g/mol. The van der Waals surface area contributed by atoms with Gasteiger partial charge in [-0.15, -0.1) is 0 Å². The van der Waals surface area contributed by atoms with Crippen LogP contribution in [0.15, 0.2) is 53.4 Å². The predicted octanol–water partition coefficient (Wildman–Crippen LogP) is 2.02. The van der Waals surface area contributed by atoms with Crippen LogP contribution in [-0.2, 0) is 10.1 Å². The maximum atomic E-state index is 12.2. The third kappa shape index (κ3) is 4.07. The first-order valence-corrected chi connectivity index (χ1v) is 8.27. The van der Waals surface area contributed by atoms with Gasteiger partial charge < -0.3 is 14.6 Å². The van der Waals surface area contributed by atoms with Crippen LogP contribution < -0.4 is 9.50 Å². The van der Waals surface area contributed by atoms with Gasteiger partial charge in [0.05, 0.1) is 6.10 Å². The number of benzene rings is 2. The minimum absolute atomic E-state index is 0.109. The molecule has 0 spiro atoms. The van der Waals surface area contributed by atoms with Gasteiger partial charge in [-0.3, -0.25) is 0 Å². The predicted molar refractivity (Wildman–Crippen MR) is 84.3 cm³/mol. The first kappa shape index (κ1) is 16.5. The first-order valence-electron chi connectivity index (χ1n) is 6.86. The Balaban J connectivity index is 2.14. The molecule has 0 radical (unpaired) electrons. The minimum Gasteiger partial charge on any atom is -0.387 e. The van der Waals surface area contributed by atoms with Crippen molar-refractivity contribution in [2.24, 2.45) is 0 Å². The van der Waals surface area contributed by atoms with Gasteiger partial charge in [0.15, 0.2) is 0 Å². The quantitative estimate of drug-likeness (QED) is 0.796. The summed E-state index contributed by atoms with van der Waals surface area (Å²) in [6.07, 6.45) is -0.646. The number of aryl methyl sites for hydroxylation is 1. The number of aliphatic hydroxyl groups excluding tert-OH is 1. The Morgan fingerprint density at radius 3 is 2.23 bits per heavy atom. The topological polar surface area (TPSA) is 75.6 Å². The van der Waals surface area contributed by atoms with Crippen molar-refractivity contribution in [3.05, 3.63) is 59.7 Å². The zero-order valence-electron chi connectivity index (χ0n) is 12.5. The van der Waals surface area contributed by atoms with Crippen LogP contribution in [0.4, 0.5) is 0 Å². The number of hydrogen-bond donors (Lipinski definition) is 2. The van der Waals surface area contributed by atoms with Crippen molar-refractivity contribution >= 4 is 10.1 Å². The molecular weight excluding hydrogens is 302 g/mol. The summed E-state index contributed by atoms with van der Waals surface area (Å²) < 4.78 is 29.4. The molecule has 5 nitrogen and oxygen atoms in total. The minimum atomic E-state index is -3.85. The molecule has 0 aliphatic rings. The van der Waals surface area contributed by atoms with Gasteiger partial charge >= 0.3 is 10.1 Å². The first-order chi connectivity index (χ1) is 10.4. The van der Waals surface area contributed by atoms with Crippen LogP contribution in [0.3, 0.4) is 0 Å². The number of likely N-dealkylation sites (N-methyl/N-ethyl adjacent to an activating group) is 1. The van der Waals surface area contributed by atoms with E-state index in [0.29, 0.717) is 12.1 Å². The Morgan fingerprint density at radius 2 is 1.68 bits per heavy atom. The van der Waals surface area contributed by atoms with Gasteiger partial charge in [0.2, 0.25) is 0 Å². The van der Waals surface area contributed by atoms with E-state index < -0.39 is 16.2 Å². The van der Waals surface area contributed by atoms with Crippen molar-refractivity contribution in [3.63, 3.8) is 0 Å². The summed E-state index contributed by atoms with van der Waals surface area (Å²) in [7, 11) is -2.10. The Bertz CT molecular complexity index is 709. The maximum Gasteiger partial charge on any atom is 0.339 e. The lowest BCUT2D eigenvalue weighted by atomic mass is 10.1. The molecule has 0 aromatic heterocycles. The molecule has 0 bridgehead atoms. The summed E-state index contributed by atoms with van der Waals surface area (Å²) in [6.45, 7) is 2.30. The van der Waals surface area contributed by atoms with Crippen LogP contribution in [-0.4, -0.2) is 27.1 Å². The van der Waals surface area contributed by atoms with Gasteiger partial charge in [-0.05, 0) is 43.8 Å². The zero-order chi connectivity index (χ0) is 16.2. The molecule has 0 saturated carbocycles. The molecule has 6 heteroatoms. The van der Waals surface area contributed by atoms with Crippen molar-refractivity contribution in [3.8, 4) is 5.75 Å². The van der Waals surface area contributed by atoms with E-state index in [-0.39, 0.29) is 10.6 Å². The molecule has 118 valence electrons. The molecule has 0 aliphatic heterocycles. The van der Waals surface area contributed by atoms with Crippen molar-refractivity contribution < 1.29 is 17.7 Å². The summed E-state index contributed by atoms with van der Waals surface area (Å²) >= 11 is 0. The molecule has 2 N–H and O–H groups in total. The van der Waals surface area contributed by atoms with Crippen LogP contribution in [0.1, 0.15) is 17.2 Å². The Labute approximate surface area is 130 Å². The fourth-order valence-corrected chi connectivity index (χ4v) is 2.87. The highest BCUT2D eigenvalue weighted by Crippen LogP contribution is 2.21. The second-order valence-corrected chi connectivity index (χ2v) is 6.54. The van der Waals surface area contributed by atoms with E-state index in [0.717, 1.165) is 5.56 Å². The Hall–Kier alpha value is -1.89. The fraction of sp³-hybridized carbons (Fsp3) is 0.250. The molecule has 0 unspecified atom stereocenters. The van der Waals surface area contributed by atoms with Crippen molar-refractivity contribution in [2.75, 3.05) is 13.6 Å². The number of hydrogen-bond acceptors (Lipinski definition) is 5. The SMILES string of the molecule is CNC[C@H](O)c1ccc(OS(=O)(=O)c2ccc(C)cc2)cc1. The van der Waals surface area contributed by atoms with E-state index in [4.69, 9.17) is 4.18 Å². The molecule has 0 amide bonds. The van der Waals surface area contributed by atoms with Crippen molar-refractivity contribution in [1.29, 1.82) is 0 Å². The summed E-state index contributed by atoms with van der Waals surface area (Å²) in [6, 6.07) is 12.8. The smallest absolute Gasteiger partial charge is 0.339 e. The highest BCUT2D eigenvalue weighted by Gasteiger charge is 2.16. The third-order valence-electron chi connectivity index (χ3n) is 3.18. The van der Waals surface area contributed by atoms with Crippen LogP contribution in [0.2, 0.25) is 0 Å². The van der Waals surface area contributed by atoms with Crippen LogP contribution in [0.5, 0.6) is 5.75 Å². The van der Waals surface area contributed by atoms with Gasteiger partial charge in [0.1, 0.15) is 10.6 Å². The second kappa shape index (κ2) is 6.91.